The third-order valence-corrected chi connectivity index (χ3v) is 1.56. The first-order valence-corrected chi connectivity index (χ1v) is 4.74. The lowest BCUT2D eigenvalue weighted by atomic mass is 9.99. The Bertz CT molecular complexity index is 266. The average Bonchev–Trinajstić information content (AvgIpc) is 2.09. The molecule has 2 N–H and O–H groups in total. The average molecular weight is 214 g/mol. The largest absolute Gasteiger partial charge is 0.481 e. The van der Waals surface area contributed by atoms with Crippen LogP contribution < -0.4 is 5.32 Å². The molecule has 0 aromatic rings. The molecule has 0 aliphatic heterocycles. The maximum absolute atomic E-state index is 11.3. The van der Waals surface area contributed by atoms with Crippen molar-refractivity contribution in [3.05, 3.63) is 0 Å². The van der Waals surface area contributed by atoms with E-state index in [0.717, 1.165) is 0 Å². The Balaban J connectivity index is 4.58. The lowest BCUT2D eigenvalue weighted by Crippen LogP contribution is -2.33. The number of nitrogens with one attached hydrogen (secondary N) is 1. The van der Waals surface area contributed by atoms with Gasteiger partial charge in [0.25, 0.3) is 0 Å². The Hall–Kier alpha value is -1.39. The van der Waals surface area contributed by atoms with Gasteiger partial charge in [0, 0.05) is 13.3 Å². The summed E-state index contributed by atoms with van der Waals surface area (Å²) in [5.74, 6) is -1.41. The molecule has 0 fully saturated rings. The SMILES string of the molecule is CNC(=O)[C@H](CC(=O)O)N=CC(C)(C)C. The number of likely N-dealkylation sites (N-methyl/N-ethyl adjacent to an activating group) is 1. The topological polar surface area (TPSA) is 78.8 Å². The van der Waals surface area contributed by atoms with Crippen molar-refractivity contribution in [2.24, 2.45) is 10.4 Å². The summed E-state index contributed by atoms with van der Waals surface area (Å²) in [6.07, 6.45) is 1.32. The summed E-state index contributed by atoms with van der Waals surface area (Å²) in [5, 5.41) is 11.0. The van der Waals surface area contributed by atoms with Crippen LogP contribution in [0.2, 0.25) is 0 Å². The van der Waals surface area contributed by atoms with Crippen LogP contribution in [0, 0.1) is 5.41 Å². The van der Waals surface area contributed by atoms with Gasteiger partial charge < -0.3 is 10.4 Å². The Morgan fingerprint density at radius 2 is 2.00 bits per heavy atom. The summed E-state index contributed by atoms with van der Waals surface area (Å²) >= 11 is 0. The number of hydrogen-bond acceptors (Lipinski definition) is 3. The normalized spacial score (nSPS) is 13.9. The fraction of sp³-hybridized carbons (Fsp3) is 0.700. The van der Waals surface area contributed by atoms with Gasteiger partial charge >= 0.3 is 5.97 Å². The Morgan fingerprint density at radius 1 is 1.47 bits per heavy atom. The van der Waals surface area contributed by atoms with E-state index < -0.39 is 12.0 Å². The van der Waals surface area contributed by atoms with Crippen molar-refractivity contribution in [1.29, 1.82) is 0 Å². The molecule has 1 amide bonds. The summed E-state index contributed by atoms with van der Waals surface area (Å²) in [6, 6.07) is -0.841. The Morgan fingerprint density at radius 3 is 2.33 bits per heavy atom. The van der Waals surface area contributed by atoms with E-state index in [9.17, 15) is 9.59 Å². The second-order valence-corrected chi connectivity index (χ2v) is 4.37. The summed E-state index contributed by atoms with van der Waals surface area (Å²) in [4.78, 5) is 25.8. The van der Waals surface area contributed by atoms with Gasteiger partial charge in [-0.25, -0.2) is 0 Å². The van der Waals surface area contributed by atoms with Crippen LogP contribution in [0.3, 0.4) is 0 Å². The molecule has 0 aliphatic carbocycles. The molecule has 0 unspecified atom stereocenters. The molecule has 0 radical (unpaired) electrons. The summed E-state index contributed by atoms with van der Waals surface area (Å²) in [5.41, 5.74) is -0.162. The standard InChI is InChI=1S/C10H18N2O3/c1-10(2,3)6-12-7(5-8(13)14)9(15)11-4/h6-7H,5H2,1-4H3,(H,11,15)(H,13,14)/t7-/m0/s1. The fourth-order valence-corrected chi connectivity index (χ4v) is 0.859. The van der Waals surface area contributed by atoms with Gasteiger partial charge in [-0.05, 0) is 5.41 Å². The van der Waals surface area contributed by atoms with Crippen LogP contribution in [0.15, 0.2) is 4.99 Å². The summed E-state index contributed by atoms with van der Waals surface area (Å²) < 4.78 is 0. The molecular formula is C10H18N2O3. The minimum atomic E-state index is -1.03. The van der Waals surface area contributed by atoms with Gasteiger partial charge in [0.15, 0.2) is 0 Å². The molecule has 0 aromatic carbocycles. The number of carboxylic acid groups (broad SMARTS) is 1. The molecule has 0 saturated carbocycles. The maximum atomic E-state index is 11.3. The molecule has 1 atom stereocenters. The van der Waals surface area contributed by atoms with Crippen LogP contribution in [-0.4, -0.2) is 36.3 Å². The molecular weight excluding hydrogens is 196 g/mol. The third-order valence-electron chi connectivity index (χ3n) is 1.56. The molecule has 5 heteroatoms. The first-order chi connectivity index (χ1) is 6.76. The van der Waals surface area contributed by atoms with Crippen molar-refractivity contribution in [1.82, 2.24) is 5.32 Å². The summed E-state index contributed by atoms with van der Waals surface area (Å²) in [7, 11) is 1.46. The highest BCUT2D eigenvalue weighted by atomic mass is 16.4. The Kier molecular flexibility index (Phi) is 4.97. The van der Waals surface area contributed by atoms with Crippen LogP contribution in [0.5, 0.6) is 0 Å². The molecule has 0 aliphatic rings. The lowest BCUT2D eigenvalue weighted by molar-refractivity contribution is -0.139. The molecule has 0 bridgehead atoms. The van der Waals surface area contributed by atoms with E-state index in [1.54, 1.807) is 6.21 Å². The number of nitrogens with zero attached hydrogens (tertiary/aromatic N) is 1. The predicted molar refractivity (Wildman–Crippen MR) is 58.1 cm³/mol. The predicted octanol–water partition coefficient (Wildman–Crippen LogP) is 0.693. The van der Waals surface area contributed by atoms with E-state index in [1.165, 1.54) is 7.05 Å². The molecule has 5 nitrogen and oxygen atoms in total. The number of aliphatic imine (C=N–C) groups is 1. The molecule has 0 rings (SSSR count). The zero-order chi connectivity index (χ0) is 12.1. The number of hydrogen-bond donors (Lipinski definition) is 2. The van der Waals surface area contributed by atoms with Crippen molar-refractivity contribution in [2.45, 2.75) is 33.2 Å². The number of rotatable bonds is 4. The smallest absolute Gasteiger partial charge is 0.306 e. The van der Waals surface area contributed by atoms with Gasteiger partial charge in [0.05, 0.1) is 6.42 Å². The minimum absolute atomic E-state index is 0.162. The molecule has 0 spiro atoms. The van der Waals surface area contributed by atoms with Crippen LogP contribution in [0.1, 0.15) is 27.2 Å². The molecule has 15 heavy (non-hydrogen) atoms. The number of carbonyl (C=O) groups excluding carboxylic acids is 1. The van der Waals surface area contributed by atoms with E-state index in [0.29, 0.717) is 0 Å². The lowest BCUT2D eigenvalue weighted by Gasteiger charge is -2.13. The Labute approximate surface area is 89.6 Å². The second kappa shape index (κ2) is 5.48. The van der Waals surface area contributed by atoms with Gasteiger partial charge in [0.1, 0.15) is 6.04 Å². The number of amides is 1. The van der Waals surface area contributed by atoms with Crippen LogP contribution in [0.25, 0.3) is 0 Å². The number of aliphatic carboxylic acids is 1. The van der Waals surface area contributed by atoms with Gasteiger partial charge in [-0.2, -0.15) is 0 Å². The zero-order valence-corrected chi connectivity index (χ0v) is 9.57. The van der Waals surface area contributed by atoms with Crippen molar-refractivity contribution >= 4 is 18.1 Å². The molecule has 86 valence electrons. The number of carbonyl (C=O) groups is 2. The van der Waals surface area contributed by atoms with Gasteiger partial charge in [-0.15, -0.1) is 0 Å². The van der Waals surface area contributed by atoms with E-state index in [-0.39, 0.29) is 17.7 Å². The quantitative estimate of drug-likeness (QED) is 0.676. The van der Waals surface area contributed by atoms with E-state index in [2.05, 4.69) is 10.3 Å². The van der Waals surface area contributed by atoms with Crippen LogP contribution >= 0.6 is 0 Å². The van der Waals surface area contributed by atoms with Gasteiger partial charge in [0.2, 0.25) is 5.91 Å². The fourth-order valence-electron chi connectivity index (χ4n) is 0.859. The number of carboxylic acids is 1. The van der Waals surface area contributed by atoms with E-state index in [4.69, 9.17) is 5.11 Å². The van der Waals surface area contributed by atoms with E-state index in [1.807, 2.05) is 20.8 Å². The summed E-state index contributed by atoms with van der Waals surface area (Å²) in [6.45, 7) is 5.79. The van der Waals surface area contributed by atoms with Gasteiger partial charge in [-0.1, -0.05) is 20.8 Å². The first kappa shape index (κ1) is 13.6. The van der Waals surface area contributed by atoms with Crippen LogP contribution in [0.4, 0.5) is 0 Å². The van der Waals surface area contributed by atoms with Crippen LogP contribution in [-0.2, 0) is 9.59 Å². The molecule has 0 saturated heterocycles. The van der Waals surface area contributed by atoms with Crippen molar-refractivity contribution in [2.75, 3.05) is 7.05 Å². The molecule has 0 aromatic heterocycles. The minimum Gasteiger partial charge on any atom is -0.481 e. The van der Waals surface area contributed by atoms with E-state index >= 15 is 0 Å². The highest BCUT2D eigenvalue weighted by Gasteiger charge is 2.19. The maximum Gasteiger partial charge on any atom is 0.306 e. The van der Waals surface area contributed by atoms with Crippen molar-refractivity contribution in [3.63, 3.8) is 0 Å². The third kappa shape index (κ3) is 6.65. The van der Waals surface area contributed by atoms with Crippen molar-refractivity contribution in [3.8, 4) is 0 Å². The van der Waals surface area contributed by atoms with Gasteiger partial charge in [-0.3, -0.25) is 14.6 Å². The first-order valence-electron chi connectivity index (χ1n) is 4.74. The highest BCUT2D eigenvalue weighted by Crippen LogP contribution is 2.10. The molecule has 0 heterocycles. The van der Waals surface area contributed by atoms with Crippen molar-refractivity contribution < 1.29 is 14.7 Å². The highest BCUT2D eigenvalue weighted by molar-refractivity contribution is 5.87. The monoisotopic (exact) mass is 214 g/mol. The zero-order valence-electron chi connectivity index (χ0n) is 9.57. The second-order valence-electron chi connectivity index (χ2n) is 4.37.